The molecule has 1 aromatic rings. The first-order valence-corrected chi connectivity index (χ1v) is 7.47. The van der Waals surface area contributed by atoms with Crippen LogP contribution in [0.3, 0.4) is 0 Å². The van der Waals surface area contributed by atoms with E-state index in [2.05, 4.69) is 10.0 Å². The van der Waals surface area contributed by atoms with Crippen molar-refractivity contribution in [1.29, 1.82) is 0 Å². The molecule has 0 fully saturated rings. The Kier molecular flexibility index (Phi) is 4.92. The minimum absolute atomic E-state index is 0.0918. The molecule has 1 atom stereocenters. The van der Waals surface area contributed by atoms with Gasteiger partial charge in [0.1, 0.15) is 11.5 Å². The molecule has 1 heterocycles. The molecule has 0 aromatic carbocycles. The molecule has 0 saturated heterocycles. The van der Waals surface area contributed by atoms with Crippen LogP contribution in [-0.4, -0.2) is 27.1 Å². The maximum absolute atomic E-state index is 11.5. The van der Waals surface area contributed by atoms with Crippen molar-refractivity contribution in [3.63, 3.8) is 0 Å². The lowest BCUT2D eigenvalue weighted by molar-refractivity contribution is -0.121. The summed E-state index contributed by atoms with van der Waals surface area (Å²) < 4.78 is 29.2. The van der Waals surface area contributed by atoms with Crippen LogP contribution in [0.1, 0.15) is 30.9 Å². The lowest BCUT2D eigenvalue weighted by Crippen LogP contribution is -2.31. The summed E-state index contributed by atoms with van der Waals surface area (Å²) in [7, 11) is -3.25. The summed E-state index contributed by atoms with van der Waals surface area (Å²) in [5.41, 5.74) is 0. The number of aryl methyl sites for hydroxylation is 1. The fraction of sp³-hybridized carbons (Fsp3) is 0.545. The van der Waals surface area contributed by atoms with Crippen molar-refractivity contribution in [2.24, 2.45) is 0 Å². The van der Waals surface area contributed by atoms with E-state index in [0.29, 0.717) is 5.76 Å². The first-order valence-electron chi connectivity index (χ1n) is 5.58. The van der Waals surface area contributed by atoms with Gasteiger partial charge in [-0.1, -0.05) is 0 Å². The maximum atomic E-state index is 11.5. The summed E-state index contributed by atoms with van der Waals surface area (Å²) in [6.07, 6.45) is 1.15. The molecule has 0 spiro atoms. The Morgan fingerprint density at radius 2 is 2.11 bits per heavy atom. The largest absolute Gasteiger partial charge is 0.464 e. The Morgan fingerprint density at radius 3 is 2.61 bits per heavy atom. The molecular formula is C11H18N2O4S. The standard InChI is InChI=1S/C11H18N2O4S/c1-8-4-5-10(17-8)9(2)13-11(14)6-7-12-18(3,15)16/h4-5,9,12H,6-7H2,1-3H3,(H,13,14). The van der Waals surface area contributed by atoms with Gasteiger partial charge in [-0.25, -0.2) is 13.1 Å². The van der Waals surface area contributed by atoms with E-state index >= 15 is 0 Å². The van der Waals surface area contributed by atoms with Crippen LogP contribution in [-0.2, 0) is 14.8 Å². The van der Waals surface area contributed by atoms with Crippen molar-refractivity contribution >= 4 is 15.9 Å². The van der Waals surface area contributed by atoms with Gasteiger partial charge in [0, 0.05) is 13.0 Å². The van der Waals surface area contributed by atoms with Crippen LogP contribution in [0.25, 0.3) is 0 Å². The molecular weight excluding hydrogens is 256 g/mol. The summed E-state index contributed by atoms with van der Waals surface area (Å²) in [5, 5.41) is 2.73. The third-order valence-corrected chi connectivity index (χ3v) is 3.01. The number of sulfonamides is 1. The second-order valence-electron chi connectivity index (χ2n) is 4.15. The number of furan rings is 1. The van der Waals surface area contributed by atoms with E-state index in [9.17, 15) is 13.2 Å². The van der Waals surface area contributed by atoms with Gasteiger partial charge in [0.2, 0.25) is 15.9 Å². The summed E-state index contributed by atoms with van der Waals surface area (Å²) in [4.78, 5) is 11.5. The molecule has 0 aliphatic heterocycles. The number of hydrogen-bond donors (Lipinski definition) is 2. The van der Waals surface area contributed by atoms with Crippen LogP contribution in [0.15, 0.2) is 16.5 Å². The molecule has 1 unspecified atom stereocenters. The molecule has 7 heteroatoms. The number of nitrogens with one attached hydrogen (secondary N) is 2. The summed E-state index contributed by atoms with van der Waals surface area (Å²) in [5.74, 6) is 1.23. The van der Waals surface area contributed by atoms with Gasteiger partial charge in [-0.2, -0.15) is 0 Å². The highest BCUT2D eigenvalue weighted by Gasteiger charge is 2.12. The Hall–Kier alpha value is -1.34. The van der Waals surface area contributed by atoms with E-state index in [1.165, 1.54) is 0 Å². The van der Waals surface area contributed by atoms with Gasteiger partial charge in [-0.3, -0.25) is 4.79 Å². The van der Waals surface area contributed by atoms with Crippen LogP contribution >= 0.6 is 0 Å². The molecule has 0 aliphatic carbocycles. The summed E-state index contributed by atoms with van der Waals surface area (Å²) in [6.45, 7) is 3.73. The van der Waals surface area contributed by atoms with E-state index in [1.54, 1.807) is 13.0 Å². The number of rotatable bonds is 6. The fourth-order valence-electron chi connectivity index (χ4n) is 1.42. The number of carbonyl (C=O) groups excluding carboxylic acids is 1. The van der Waals surface area contributed by atoms with Gasteiger partial charge in [-0.15, -0.1) is 0 Å². The fourth-order valence-corrected chi connectivity index (χ4v) is 1.89. The third-order valence-electron chi connectivity index (χ3n) is 2.28. The van der Waals surface area contributed by atoms with Gasteiger partial charge >= 0.3 is 0 Å². The molecule has 1 rings (SSSR count). The second-order valence-corrected chi connectivity index (χ2v) is 5.99. The minimum atomic E-state index is -3.25. The smallest absolute Gasteiger partial charge is 0.221 e. The van der Waals surface area contributed by atoms with Crippen LogP contribution in [0.2, 0.25) is 0 Å². The van der Waals surface area contributed by atoms with E-state index in [0.717, 1.165) is 12.0 Å². The van der Waals surface area contributed by atoms with Gasteiger partial charge in [0.05, 0.1) is 12.3 Å². The predicted molar refractivity (Wildman–Crippen MR) is 67.5 cm³/mol. The Labute approximate surface area is 107 Å². The van der Waals surface area contributed by atoms with Crippen LogP contribution < -0.4 is 10.0 Å². The zero-order valence-electron chi connectivity index (χ0n) is 10.7. The first-order chi connectivity index (χ1) is 8.28. The Balaban J connectivity index is 2.36. The normalized spacial score (nSPS) is 13.3. The molecule has 6 nitrogen and oxygen atoms in total. The van der Waals surface area contributed by atoms with E-state index in [1.807, 2.05) is 13.0 Å². The summed E-state index contributed by atoms with van der Waals surface area (Å²) >= 11 is 0. The average molecular weight is 274 g/mol. The van der Waals surface area contributed by atoms with Crippen LogP contribution in [0.5, 0.6) is 0 Å². The van der Waals surface area contributed by atoms with Crippen molar-refractivity contribution in [2.45, 2.75) is 26.3 Å². The molecule has 1 amide bonds. The van der Waals surface area contributed by atoms with E-state index in [4.69, 9.17) is 4.42 Å². The van der Waals surface area contributed by atoms with Gasteiger partial charge in [-0.05, 0) is 26.0 Å². The highest BCUT2D eigenvalue weighted by atomic mass is 32.2. The highest BCUT2D eigenvalue weighted by molar-refractivity contribution is 7.88. The summed E-state index contributed by atoms with van der Waals surface area (Å²) in [6, 6.07) is 3.39. The van der Waals surface area contributed by atoms with Crippen molar-refractivity contribution in [2.75, 3.05) is 12.8 Å². The SMILES string of the molecule is Cc1ccc(C(C)NC(=O)CCNS(C)(=O)=O)o1. The molecule has 1 aromatic heterocycles. The van der Waals surface area contributed by atoms with Crippen molar-refractivity contribution < 1.29 is 17.6 Å². The van der Waals surface area contributed by atoms with Crippen molar-refractivity contribution in [3.05, 3.63) is 23.7 Å². The molecule has 0 radical (unpaired) electrons. The van der Waals surface area contributed by atoms with Crippen LogP contribution in [0.4, 0.5) is 0 Å². The van der Waals surface area contributed by atoms with Crippen LogP contribution in [0, 0.1) is 6.92 Å². The molecule has 0 aliphatic rings. The van der Waals surface area contributed by atoms with Gasteiger partial charge < -0.3 is 9.73 Å². The number of amides is 1. The molecule has 0 saturated carbocycles. The lowest BCUT2D eigenvalue weighted by Gasteiger charge is -2.11. The maximum Gasteiger partial charge on any atom is 0.221 e. The third kappa shape index (κ3) is 5.33. The van der Waals surface area contributed by atoms with E-state index in [-0.39, 0.29) is 24.9 Å². The Bertz CT molecular complexity index is 507. The van der Waals surface area contributed by atoms with E-state index < -0.39 is 10.0 Å². The highest BCUT2D eigenvalue weighted by Crippen LogP contribution is 2.15. The predicted octanol–water partition coefficient (Wildman–Crippen LogP) is 0.705. The molecule has 18 heavy (non-hydrogen) atoms. The average Bonchev–Trinajstić information content (AvgIpc) is 2.62. The zero-order chi connectivity index (χ0) is 13.8. The molecule has 102 valence electrons. The first kappa shape index (κ1) is 14.7. The number of carbonyl (C=O) groups is 1. The minimum Gasteiger partial charge on any atom is -0.464 e. The second kappa shape index (κ2) is 6.01. The zero-order valence-corrected chi connectivity index (χ0v) is 11.5. The Morgan fingerprint density at radius 1 is 1.44 bits per heavy atom. The lowest BCUT2D eigenvalue weighted by atomic mass is 10.2. The topological polar surface area (TPSA) is 88.4 Å². The van der Waals surface area contributed by atoms with Gasteiger partial charge in [0.25, 0.3) is 0 Å². The number of hydrogen-bond acceptors (Lipinski definition) is 4. The van der Waals surface area contributed by atoms with Crippen molar-refractivity contribution in [1.82, 2.24) is 10.0 Å². The quantitative estimate of drug-likeness (QED) is 0.799. The van der Waals surface area contributed by atoms with Crippen molar-refractivity contribution in [3.8, 4) is 0 Å². The molecule has 2 N–H and O–H groups in total. The molecule has 0 bridgehead atoms. The van der Waals surface area contributed by atoms with Gasteiger partial charge in [0.15, 0.2) is 0 Å². The monoisotopic (exact) mass is 274 g/mol.